The SMILES string of the molecule is Cc1[nH]c(/C=C2\C(=O)Nc3ccc(F)cc32)c(C)c1CC(=O)[C@H]1CCCN1. The smallest absolute Gasteiger partial charge is 0.256 e. The number of Topliss-reactive ketones (excluding diaryl/α,β-unsaturated/α-hetero) is 1. The van der Waals surface area contributed by atoms with E-state index in [1.807, 2.05) is 13.8 Å². The number of rotatable bonds is 4. The molecule has 0 unspecified atom stereocenters. The van der Waals surface area contributed by atoms with Gasteiger partial charge in [0.05, 0.1) is 11.6 Å². The zero-order chi connectivity index (χ0) is 19.1. The molecule has 2 aliphatic rings. The Kier molecular flexibility index (Phi) is 4.44. The number of aromatic nitrogens is 1. The summed E-state index contributed by atoms with van der Waals surface area (Å²) < 4.78 is 13.6. The van der Waals surface area contributed by atoms with Crippen molar-refractivity contribution in [2.45, 2.75) is 39.2 Å². The van der Waals surface area contributed by atoms with Gasteiger partial charge in [-0.1, -0.05) is 0 Å². The molecule has 1 aromatic heterocycles. The number of hydrogen-bond donors (Lipinski definition) is 3. The zero-order valence-electron chi connectivity index (χ0n) is 15.4. The molecule has 0 bridgehead atoms. The van der Waals surface area contributed by atoms with Gasteiger partial charge in [0.2, 0.25) is 0 Å². The van der Waals surface area contributed by atoms with E-state index in [1.165, 1.54) is 12.1 Å². The molecule has 0 radical (unpaired) electrons. The number of nitrogens with one attached hydrogen (secondary N) is 3. The maximum atomic E-state index is 13.6. The van der Waals surface area contributed by atoms with Gasteiger partial charge in [0.25, 0.3) is 5.91 Å². The number of aromatic amines is 1. The van der Waals surface area contributed by atoms with Crippen LogP contribution in [0.1, 0.15) is 40.9 Å². The van der Waals surface area contributed by atoms with Crippen LogP contribution in [-0.4, -0.2) is 29.3 Å². The van der Waals surface area contributed by atoms with Crippen LogP contribution in [0, 0.1) is 19.7 Å². The molecular formula is C21H22FN3O2. The van der Waals surface area contributed by atoms with Gasteiger partial charge >= 0.3 is 0 Å². The van der Waals surface area contributed by atoms with Gasteiger partial charge in [-0.3, -0.25) is 9.59 Å². The minimum Gasteiger partial charge on any atom is -0.359 e. The largest absolute Gasteiger partial charge is 0.359 e. The first kappa shape index (κ1) is 17.7. The maximum absolute atomic E-state index is 13.6. The van der Waals surface area contributed by atoms with Crippen LogP contribution in [0.4, 0.5) is 10.1 Å². The fraction of sp³-hybridized carbons (Fsp3) is 0.333. The van der Waals surface area contributed by atoms with Gasteiger partial charge in [0.15, 0.2) is 5.78 Å². The zero-order valence-corrected chi connectivity index (χ0v) is 15.4. The predicted molar refractivity (Wildman–Crippen MR) is 103 cm³/mol. The van der Waals surface area contributed by atoms with Gasteiger partial charge in [-0.25, -0.2) is 4.39 Å². The van der Waals surface area contributed by atoms with E-state index in [0.717, 1.165) is 41.9 Å². The molecule has 5 nitrogen and oxygen atoms in total. The van der Waals surface area contributed by atoms with Gasteiger partial charge < -0.3 is 15.6 Å². The fourth-order valence-corrected chi connectivity index (χ4v) is 3.93. The van der Waals surface area contributed by atoms with Crippen molar-refractivity contribution in [2.24, 2.45) is 0 Å². The standard InChI is InChI=1S/C21H22FN3O2/c1-11-14(10-20(26)18-4-3-7-23-18)12(2)24-19(11)9-16-15-8-13(22)5-6-17(15)25-21(16)27/h5-6,8-9,18,23-24H,3-4,7,10H2,1-2H3,(H,25,27)/b16-9-/t18-/m1/s1. The molecule has 0 spiro atoms. The first-order valence-corrected chi connectivity index (χ1v) is 9.21. The summed E-state index contributed by atoms with van der Waals surface area (Å²) in [5.74, 6) is -0.441. The second-order valence-corrected chi connectivity index (χ2v) is 7.26. The molecule has 2 aliphatic heterocycles. The van der Waals surface area contributed by atoms with Gasteiger partial charge in [0, 0.05) is 29.1 Å². The molecule has 1 amide bonds. The van der Waals surface area contributed by atoms with Crippen LogP contribution in [0.5, 0.6) is 0 Å². The monoisotopic (exact) mass is 367 g/mol. The van der Waals surface area contributed by atoms with Crippen LogP contribution >= 0.6 is 0 Å². The van der Waals surface area contributed by atoms with E-state index < -0.39 is 0 Å². The number of amides is 1. The summed E-state index contributed by atoms with van der Waals surface area (Å²) in [5, 5.41) is 6.00. The number of benzene rings is 1. The van der Waals surface area contributed by atoms with Crippen molar-refractivity contribution in [2.75, 3.05) is 11.9 Å². The molecule has 3 N–H and O–H groups in total. The number of halogens is 1. The number of carbonyl (C=O) groups is 2. The van der Waals surface area contributed by atoms with Crippen LogP contribution in [0.15, 0.2) is 18.2 Å². The quantitative estimate of drug-likeness (QED) is 0.727. The van der Waals surface area contributed by atoms with Crippen LogP contribution < -0.4 is 10.6 Å². The minimum atomic E-state index is -0.383. The molecule has 4 rings (SSSR count). The molecule has 1 aromatic carbocycles. The van der Waals surface area contributed by atoms with E-state index in [0.29, 0.717) is 23.2 Å². The maximum Gasteiger partial charge on any atom is 0.256 e. The normalized spacial score (nSPS) is 20.2. The lowest BCUT2D eigenvalue weighted by molar-refractivity contribution is -0.120. The van der Waals surface area contributed by atoms with Gasteiger partial charge in [-0.2, -0.15) is 0 Å². The molecule has 140 valence electrons. The molecule has 3 heterocycles. The van der Waals surface area contributed by atoms with Gasteiger partial charge in [-0.15, -0.1) is 0 Å². The first-order valence-electron chi connectivity index (χ1n) is 9.21. The van der Waals surface area contributed by atoms with Gasteiger partial charge in [0.1, 0.15) is 5.82 Å². The first-order chi connectivity index (χ1) is 12.9. The Morgan fingerprint density at radius 2 is 2.15 bits per heavy atom. The highest BCUT2D eigenvalue weighted by molar-refractivity contribution is 6.34. The Labute approximate surface area is 157 Å². The van der Waals surface area contributed by atoms with Crippen molar-refractivity contribution in [3.8, 4) is 0 Å². The van der Waals surface area contributed by atoms with E-state index >= 15 is 0 Å². The molecule has 0 aliphatic carbocycles. The Morgan fingerprint density at radius 1 is 1.33 bits per heavy atom. The lowest BCUT2D eigenvalue weighted by atomic mass is 9.98. The Hall–Kier alpha value is -2.73. The molecule has 1 saturated heterocycles. The van der Waals surface area contributed by atoms with Crippen LogP contribution in [-0.2, 0) is 16.0 Å². The van der Waals surface area contributed by atoms with Crippen molar-refractivity contribution in [1.82, 2.24) is 10.3 Å². The Morgan fingerprint density at radius 3 is 2.89 bits per heavy atom. The third kappa shape index (κ3) is 3.21. The number of carbonyl (C=O) groups excluding carboxylic acids is 2. The number of aryl methyl sites for hydroxylation is 1. The van der Waals surface area contributed by atoms with Crippen LogP contribution in [0.2, 0.25) is 0 Å². The second kappa shape index (κ2) is 6.78. The summed E-state index contributed by atoms with van der Waals surface area (Å²) >= 11 is 0. The molecule has 1 atom stereocenters. The predicted octanol–water partition coefficient (Wildman–Crippen LogP) is 3.13. The third-order valence-corrected chi connectivity index (χ3v) is 5.48. The van der Waals surface area contributed by atoms with Gasteiger partial charge in [-0.05, 0) is 68.6 Å². The fourth-order valence-electron chi connectivity index (χ4n) is 3.93. The summed E-state index contributed by atoms with van der Waals surface area (Å²) in [4.78, 5) is 28.1. The molecule has 0 saturated carbocycles. The Bertz CT molecular complexity index is 968. The van der Waals surface area contributed by atoms with E-state index in [4.69, 9.17) is 0 Å². The summed E-state index contributed by atoms with van der Waals surface area (Å²) in [6.07, 6.45) is 4.03. The summed E-state index contributed by atoms with van der Waals surface area (Å²) in [6, 6.07) is 4.19. The van der Waals surface area contributed by atoms with Crippen molar-refractivity contribution < 1.29 is 14.0 Å². The minimum absolute atomic E-state index is 0.0593. The van der Waals surface area contributed by atoms with Crippen molar-refractivity contribution >= 4 is 29.0 Å². The summed E-state index contributed by atoms with van der Waals surface area (Å²) in [7, 11) is 0. The number of hydrogen-bond acceptors (Lipinski definition) is 3. The molecule has 1 fully saturated rings. The molecule has 27 heavy (non-hydrogen) atoms. The summed E-state index contributed by atoms with van der Waals surface area (Å²) in [5.41, 5.74) is 5.20. The van der Waals surface area contributed by atoms with Crippen molar-refractivity contribution in [1.29, 1.82) is 0 Å². The highest BCUT2D eigenvalue weighted by Gasteiger charge is 2.27. The van der Waals surface area contributed by atoms with E-state index in [2.05, 4.69) is 15.6 Å². The molecule has 6 heteroatoms. The van der Waals surface area contributed by atoms with Crippen molar-refractivity contribution in [3.63, 3.8) is 0 Å². The highest BCUT2D eigenvalue weighted by Crippen LogP contribution is 2.34. The number of ketones is 1. The summed E-state index contributed by atoms with van der Waals surface area (Å²) in [6.45, 7) is 4.77. The van der Waals surface area contributed by atoms with E-state index in [9.17, 15) is 14.0 Å². The van der Waals surface area contributed by atoms with E-state index in [-0.39, 0.29) is 23.5 Å². The lowest BCUT2D eigenvalue weighted by Crippen LogP contribution is -2.32. The lowest BCUT2D eigenvalue weighted by Gasteiger charge is -2.09. The molecule has 2 aromatic rings. The van der Waals surface area contributed by atoms with E-state index in [1.54, 1.807) is 12.1 Å². The number of anilines is 1. The Balaban J connectivity index is 1.66. The van der Waals surface area contributed by atoms with Crippen LogP contribution in [0.25, 0.3) is 11.6 Å². The second-order valence-electron chi connectivity index (χ2n) is 7.26. The average molecular weight is 367 g/mol. The highest BCUT2D eigenvalue weighted by atomic mass is 19.1. The van der Waals surface area contributed by atoms with Crippen LogP contribution in [0.3, 0.4) is 0 Å². The number of fused-ring (bicyclic) bond motifs is 1. The number of H-pyrrole nitrogens is 1. The average Bonchev–Trinajstić information content (AvgIpc) is 3.32. The topological polar surface area (TPSA) is 74.0 Å². The third-order valence-electron chi connectivity index (χ3n) is 5.48. The molecular weight excluding hydrogens is 345 g/mol. The van der Waals surface area contributed by atoms with Crippen molar-refractivity contribution in [3.05, 3.63) is 52.1 Å².